The Hall–Kier alpha value is -2.51. The van der Waals surface area contributed by atoms with Crippen LogP contribution in [0, 0.1) is 0 Å². The molecule has 0 saturated carbocycles. The van der Waals surface area contributed by atoms with E-state index in [4.69, 9.17) is 56.2 Å². The highest BCUT2D eigenvalue weighted by molar-refractivity contribution is 7.80. The normalized spacial score (nSPS) is 15.0. The van der Waals surface area contributed by atoms with Crippen molar-refractivity contribution in [2.75, 3.05) is 4.90 Å². The van der Waals surface area contributed by atoms with Gasteiger partial charge in [0.25, 0.3) is 5.91 Å². The van der Waals surface area contributed by atoms with Crippen LogP contribution >= 0.6 is 47.0 Å². The molecule has 3 aromatic rings. The number of thiocarbonyl (C=S) groups is 1. The summed E-state index contributed by atoms with van der Waals surface area (Å²) in [5, 5.41) is 4.25. The number of hydrogen-bond acceptors (Lipinski definition) is 4. The fourth-order valence-electron chi connectivity index (χ4n) is 2.85. The van der Waals surface area contributed by atoms with Crippen molar-refractivity contribution in [3.8, 4) is 5.75 Å². The zero-order chi connectivity index (χ0) is 21.3. The van der Waals surface area contributed by atoms with Gasteiger partial charge < -0.3 is 14.5 Å². The first-order chi connectivity index (χ1) is 14.4. The Kier molecular flexibility index (Phi) is 6.01. The number of nitrogens with zero attached hydrogens (tertiary/aromatic N) is 1. The predicted octanol–water partition coefficient (Wildman–Crippen LogP) is 6.08. The van der Waals surface area contributed by atoms with Crippen LogP contribution in [0.4, 0.5) is 5.69 Å². The molecule has 1 N–H and O–H groups in total. The molecule has 0 radical (unpaired) electrons. The van der Waals surface area contributed by atoms with Crippen LogP contribution < -0.4 is 15.0 Å². The molecule has 9 heteroatoms. The highest BCUT2D eigenvalue weighted by Gasteiger charge is 2.32. The van der Waals surface area contributed by atoms with E-state index in [-0.39, 0.29) is 12.5 Å². The number of nitrogens with one attached hydrogen (secondary N) is 1. The summed E-state index contributed by atoms with van der Waals surface area (Å²) < 4.78 is 11.4. The van der Waals surface area contributed by atoms with Crippen LogP contribution in [0.25, 0.3) is 6.08 Å². The molecule has 1 amide bonds. The minimum atomic E-state index is -0.264. The zero-order valence-electron chi connectivity index (χ0n) is 15.2. The van der Waals surface area contributed by atoms with E-state index in [1.807, 2.05) is 30.3 Å². The van der Waals surface area contributed by atoms with Crippen molar-refractivity contribution in [3.63, 3.8) is 0 Å². The smallest absolute Gasteiger partial charge is 0.281 e. The maximum Gasteiger partial charge on any atom is 0.281 e. The second-order valence-corrected chi connectivity index (χ2v) is 7.89. The Labute approximate surface area is 192 Å². The van der Waals surface area contributed by atoms with E-state index in [1.165, 1.54) is 4.90 Å². The minimum Gasteiger partial charge on any atom is -0.483 e. The van der Waals surface area contributed by atoms with Crippen LogP contribution in [0.1, 0.15) is 11.5 Å². The zero-order valence-corrected chi connectivity index (χ0v) is 18.3. The molecular weight excluding hydrogens is 467 g/mol. The van der Waals surface area contributed by atoms with E-state index in [2.05, 4.69) is 5.32 Å². The first-order valence-corrected chi connectivity index (χ1v) is 10.2. The third kappa shape index (κ3) is 4.32. The largest absolute Gasteiger partial charge is 0.483 e. The van der Waals surface area contributed by atoms with Gasteiger partial charge in [0.2, 0.25) is 0 Å². The summed E-state index contributed by atoms with van der Waals surface area (Å²) >= 11 is 23.4. The van der Waals surface area contributed by atoms with E-state index >= 15 is 0 Å². The molecule has 1 aliphatic heterocycles. The Morgan fingerprint density at radius 2 is 1.77 bits per heavy atom. The standard InChI is InChI=1S/C21H13Cl3N2O3S/c22-12-8-16(23)19(17(24)9-12)28-11-15-7-6-14(29-15)10-18-20(27)26(21(30)25-18)13-4-2-1-3-5-13/h1-10H,11H2,(H,25,30)/b18-10+. The monoisotopic (exact) mass is 478 g/mol. The molecule has 30 heavy (non-hydrogen) atoms. The number of para-hydroxylation sites is 1. The number of carbonyl (C=O) groups is 1. The lowest BCUT2D eigenvalue weighted by molar-refractivity contribution is -0.113. The summed E-state index contributed by atoms with van der Waals surface area (Å²) in [6, 6.07) is 15.7. The first-order valence-electron chi connectivity index (χ1n) is 8.70. The van der Waals surface area contributed by atoms with Crippen LogP contribution in [0.5, 0.6) is 5.75 Å². The maximum absolute atomic E-state index is 12.7. The fourth-order valence-corrected chi connectivity index (χ4v) is 4.07. The number of halogens is 3. The Morgan fingerprint density at radius 1 is 1.07 bits per heavy atom. The molecule has 0 aliphatic carbocycles. The van der Waals surface area contributed by atoms with E-state index in [1.54, 1.807) is 30.3 Å². The van der Waals surface area contributed by atoms with Gasteiger partial charge in [0.15, 0.2) is 10.9 Å². The number of hydrogen-bond donors (Lipinski definition) is 1. The summed E-state index contributed by atoms with van der Waals surface area (Å²) in [4.78, 5) is 14.2. The van der Waals surface area contributed by atoms with Crippen molar-refractivity contribution in [2.45, 2.75) is 6.61 Å². The summed E-state index contributed by atoms with van der Waals surface area (Å²) in [6.07, 6.45) is 1.59. The van der Waals surface area contributed by atoms with Gasteiger partial charge >= 0.3 is 0 Å². The van der Waals surface area contributed by atoms with Crippen molar-refractivity contribution < 1.29 is 13.9 Å². The second-order valence-electron chi connectivity index (χ2n) is 6.26. The molecule has 5 nitrogen and oxygen atoms in total. The van der Waals surface area contributed by atoms with E-state index in [0.29, 0.717) is 48.8 Å². The number of anilines is 1. The average molecular weight is 480 g/mol. The van der Waals surface area contributed by atoms with E-state index in [0.717, 1.165) is 0 Å². The summed E-state index contributed by atoms with van der Waals surface area (Å²) in [5.41, 5.74) is 1.00. The quantitative estimate of drug-likeness (QED) is 0.355. The van der Waals surface area contributed by atoms with Gasteiger partial charge in [-0.2, -0.15) is 0 Å². The van der Waals surface area contributed by atoms with Crippen LogP contribution in [0.15, 0.2) is 64.7 Å². The van der Waals surface area contributed by atoms with Crippen molar-refractivity contribution in [3.05, 3.63) is 86.9 Å². The number of rotatable bonds is 5. The number of carbonyl (C=O) groups excluding carboxylic acids is 1. The van der Waals surface area contributed by atoms with Gasteiger partial charge in [-0.15, -0.1) is 0 Å². The molecule has 4 rings (SSSR count). The van der Waals surface area contributed by atoms with Crippen LogP contribution in [-0.2, 0) is 11.4 Å². The number of amides is 1. The summed E-state index contributed by atoms with van der Waals surface area (Å²) in [6.45, 7) is 0.0974. The molecular formula is C21H13Cl3N2O3S. The highest BCUT2D eigenvalue weighted by Crippen LogP contribution is 2.36. The summed E-state index contributed by atoms with van der Waals surface area (Å²) in [7, 11) is 0. The number of ether oxygens (including phenoxy) is 1. The topological polar surface area (TPSA) is 54.7 Å². The molecule has 0 bridgehead atoms. The molecule has 1 fully saturated rings. The summed E-state index contributed by atoms with van der Waals surface area (Å²) in [5.74, 6) is 1.04. The van der Waals surface area contributed by atoms with Gasteiger partial charge in [0.05, 0.1) is 15.7 Å². The SMILES string of the molecule is O=C1/C(=C\c2ccc(COc3c(Cl)cc(Cl)cc3Cl)o2)NC(=S)N1c1ccccc1. The van der Waals surface area contributed by atoms with Crippen molar-refractivity contribution in [1.29, 1.82) is 0 Å². The van der Waals surface area contributed by atoms with Gasteiger partial charge in [-0.3, -0.25) is 9.69 Å². The Balaban J connectivity index is 1.48. The van der Waals surface area contributed by atoms with Gasteiger partial charge in [-0.05, 0) is 48.6 Å². The average Bonchev–Trinajstić information content (AvgIpc) is 3.25. The lowest BCUT2D eigenvalue weighted by Crippen LogP contribution is -2.30. The maximum atomic E-state index is 12.7. The molecule has 1 aliphatic rings. The Morgan fingerprint density at radius 3 is 2.47 bits per heavy atom. The predicted molar refractivity (Wildman–Crippen MR) is 122 cm³/mol. The van der Waals surface area contributed by atoms with Crippen molar-refractivity contribution >= 4 is 69.8 Å². The molecule has 1 saturated heterocycles. The lowest BCUT2D eigenvalue weighted by atomic mass is 10.3. The van der Waals surface area contributed by atoms with Gasteiger partial charge in [0.1, 0.15) is 23.8 Å². The van der Waals surface area contributed by atoms with Crippen LogP contribution in [-0.4, -0.2) is 11.0 Å². The third-order valence-corrected chi connectivity index (χ3v) is 5.25. The van der Waals surface area contributed by atoms with E-state index in [9.17, 15) is 4.79 Å². The van der Waals surface area contributed by atoms with Crippen molar-refractivity contribution in [1.82, 2.24) is 5.32 Å². The number of benzene rings is 2. The van der Waals surface area contributed by atoms with E-state index < -0.39 is 0 Å². The molecule has 0 atom stereocenters. The van der Waals surface area contributed by atoms with Gasteiger partial charge in [0, 0.05) is 11.1 Å². The molecule has 1 aromatic heterocycles. The molecule has 0 spiro atoms. The second kappa shape index (κ2) is 8.70. The minimum absolute atomic E-state index is 0.0974. The molecule has 2 heterocycles. The lowest BCUT2D eigenvalue weighted by Gasteiger charge is -2.13. The molecule has 2 aromatic carbocycles. The van der Waals surface area contributed by atoms with Crippen molar-refractivity contribution in [2.24, 2.45) is 0 Å². The third-order valence-electron chi connectivity index (χ3n) is 4.18. The highest BCUT2D eigenvalue weighted by atomic mass is 35.5. The Bertz CT molecular complexity index is 1140. The first kappa shape index (κ1) is 20.8. The molecule has 0 unspecified atom stereocenters. The van der Waals surface area contributed by atoms with Gasteiger partial charge in [-0.1, -0.05) is 53.0 Å². The van der Waals surface area contributed by atoms with Crippen LogP contribution in [0.3, 0.4) is 0 Å². The fraction of sp³-hybridized carbons (Fsp3) is 0.0476. The molecule has 152 valence electrons. The number of furan rings is 1. The van der Waals surface area contributed by atoms with Crippen LogP contribution in [0.2, 0.25) is 15.1 Å². The van der Waals surface area contributed by atoms with Gasteiger partial charge in [-0.25, -0.2) is 0 Å².